The second-order valence-electron chi connectivity index (χ2n) is 10.9. The second kappa shape index (κ2) is 11.8. The number of amides is 2. The summed E-state index contributed by atoms with van der Waals surface area (Å²) in [5, 5.41) is 0.439. The predicted octanol–water partition coefficient (Wildman–Crippen LogP) is 5.30. The fraction of sp³-hybridized carbons (Fsp3) is 0.517. The number of halogens is 4. The monoisotopic (exact) mass is 564 g/mol. The lowest BCUT2D eigenvalue weighted by Crippen LogP contribution is -2.62. The van der Waals surface area contributed by atoms with Gasteiger partial charge in [0, 0.05) is 46.0 Å². The maximum atomic E-state index is 14.0. The van der Waals surface area contributed by atoms with Crippen LogP contribution in [0.25, 0.3) is 0 Å². The van der Waals surface area contributed by atoms with E-state index in [2.05, 4.69) is 4.90 Å². The van der Waals surface area contributed by atoms with E-state index in [4.69, 9.17) is 17.3 Å². The average molecular weight is 565 g/mol. The Morgan fingerprint density at radius 2 is 1.51 bits per heavy atom. The largest absolute Gasteiger partial charge is 0.419 e. The molecule has 0 aliphatic carbocycles. The van der Waals surface area contributed by atoms with Crippen LogP contribution in [0.15, 0.2) is 48.5 Å². The molecule has 212 valence electrons. The molecular weight excluding hydrogens is 529 g/mol. The molecule has 39 heavy (non-hydrogen) atoms. The molecule has 4 rings (SSSR count). The first-order valence-corrected chi connectivity index (χ1v) is 13.8. The van der Waals surface area contributed by atoms with Gasteiger partial charge in [0.1, 0.15) is 0 Å². The number of hydrogen-bond donors (Lipinski definition) is 1. The summed E-state index contributed by atoms with van der Waals surface area (Å²) in [5.74, 6) is -0.323. The van der Waals surface area contributed by atoms with Gasteiger partial charge in [-0.1, -0.05) is 41.9 Å². The van der Waals surface area contributed by atoms with E-state index in [1.165, 1.54) is 34.1 Å². The van der Waals surface area contributed by atoms with Gasteiger partial charge in [0.05, 0.1) is 10.6 Å². The van der Waals surface area contributed by atoms with Crippen molar-refractivity contribution in [2.45, 2.75) is 43.8 Å². The maximum Gasteiger partial charge on any atom is 0.419 e. The molecule has 0 spiro atoms. The summed E-state index contributed by atoms with van der Waals surface area (Å²) in [6.45, 7) is 2.30. The number of anilines is 1. The van der Waals surface area contributed by atoms with Crippen LogP contribution in [0, 0.1) is 11.8 Å². The number of hydrogen-bond acceptors (Lipinski definition) is 4. The molecule has 2 fully saturated rings. The lowest BCUT2D eigenvalue weighted by Gasteiger charge is -2.40. The molecule has 2 aliphatic rings. The van der Waals surface area contributed by atoms with E-state index in [0.717, 1.165) is 38.0 Å². The quantitative estimate of drug-likeness (QED) is 0.517. The van der Waals surface area contributed by atoms with Crippen molar-refractivity contribution >= 4 is 29.1 Å². The lowest BCUT2D eigenvalue weighted by molar-refractivity contribution is -0.201. The van der Waals surface area contributed by atoms with Crippen molar-refractivity contribution in [2.75, 3.05) is 45.2 Å². The van der Waals surface area contributed by atoms with Crippen LogP contribution in [0.3, 0.4) is 0 Å². The Balaban J connectivity index is 1.29. The first-order valence-electron chi connectivity index (χ1n) is 13.4. The fourth-order valence-electron chi connectivity index (χ4n) is 5.74. The van der Waals surface area contributed by atoms with Gasteiger partial charge < -0.3 is 20.4 Å². The van der Waals surface area contributed by atoms with Crippen molar-refractivity contribution in [1.29, 1.82) is 0 Å². The molecule has 2 heterocycles. The van der Waals surface area contributed by atoms with Crippen LogP contribution in [0.4, 0.5) is 18.9 Å². The Kier molecular flexibility index (Phi) is 8.81. The van der Waals surface area contributed by atoms with Gasteiger partial charge in [-0.3, -0.25) is 9.59 Å². The molecule has 0 bridgehead atoms. The fourth-order valence-corrected chi connectivity index (χ4v) is 6.00. The highest BCUT2D eigenvalue weighted by Gasteiger charge is 2.60. The molecule has 2 amide bonds. The Hall–Kier alpha value is -2.78. The first-order chi connectivity index (χ1) is 18.4. The molecule has 2 aromatic carbocycles. The van der Waals surface area contributed by atoms with E-state index in [0.29, 0.717) is 35.3 Å². The van der Waals surface area contributed by atoms with Crippen molar-refractivity contribution < 1.29 is 22.8 Å². The molecule has 10 heteroatoms. The number of benzene rings is 2. The summed E-state index contributed by atoms with van der Waals surface area (Å²) in [5.41, 5.74) is 4.00. The molecule has 2 aliphatic heterocycles. The summed E-state index contributed by atoms with van der Waals surface area (Å²) in [6.07, 6.45) is -0.551. The van der Waals surface area contributed by atoms with Gasteiger partial charge in [0.15, 0.2) is 0 Å². The minimum Gasteiger partial charge on any atom is -0.371 e. The zero-order chi connectivity index (χ0) is 28.4. The molecule has 0 saturated carbocycles. The van der Waals surface area contributed by atoms with Gasteiger partial charge in [-0.15, -0.1) is 0 Å². The maximum absolute atomic E-state index is 14.0. The summed E-state index contributed by atoms with van der Waals surface area (Å²) in [6, 6.07) is 12.6. The van der Waals surface area contributed by atoms with Crippen LogP contribution in [0.2, 0.25) is 5.02 Å². The average Bonchev–Trinajstić information content (AvgIpc) is 2.92. The summed E-state index contributed by atoms with van der Waals surface area (Å²) in [7, 11) is 3.38. The van der Waals surface area contributed by atoms with E-state index in [1.807, 2.05) is 12.1 Å². The number of nitrogens with two attached hydrogens (primary N) is 1. The van der Waals surface area contributed by atoms with Crippen LogP contribution in [-0.4, -0.2) is 68.1 Å². The van der Waals surface area contributed by atoms with Crippen LogP contribution in [-0.2, 0) is 10.3 Å². The van der Waals surface area contributed by atoms with Crippen molar-refractivity contribution in [3.8, 4) is 0 Å². The van der Waals surface area contributed by atoms with Crippen LogP contribution < -0.4 is 10.6 Å². The van der Waals surface area contributed by atoms with Crippen molar-refractivity contribution in [2.24, 2.45) is 17.6 Å². The highest BCUT2D eigenvalue weighted by atomic mass is 35.5. The molecule has 2 aromatic rings. The molecule has 0 radical (unpaired) electrons. The molecule has 1 atom stereocenters. The third-order valence-electron chi connectivity index (χ3n) is 8.15. The first kappa shape index (κ1) is 29.2. The minimum absolute atomic E-state index is 0.131. The van der Waals surface area contributed by atoms with Crippen molar-refractivity contribution in [3.63, 3.8) is 0 Å². The summed E-state index contributed by atoms with van der Waals surface area (Å²) < 4.78 is 42.1. The Morgan fingerprint density at radius 1 is 0.949 bits per heavy atom. The van der Waals surface area contributed by atoms with Gasteiger partial charge in [0.2, 0.25) is 5.54 Å². The van der Waals surface area contributed by atoms with Gasteiger partial charge >= 0.3 is 6.18 Å². The molecule has 0 aromatic heterocycles. The Morgan fingerprint density at radius 3 is 2.03 bits per heavy atom. The van der Waals surface area contributed by atoms with Crippen LogP contribution in [0.5, 0.6) is 0 Å². The van der Waals surface area contributed by atoms with E-state index >= 15 is 0 Å². The third kappa shape index (κ3) is 6.19. The lowest BCUT2D eigenvalue weighted by atomic mass is 9.82. The molecule has 1 unspecified atom stereocenters. The highest BCUT2D eigenvalue weighted by Crippen LogP contribution is 2.40. The predicted molar refractivity (Wildman–Crippen MR) is 147 cm³/mol. The normalized spacial score (nSPS) is 19.1. The van der Waals surface area contributed by atoms with Crippen molar-refractivity contribution in [3.05, 3.63) is 64.7 Å². The number of carbonyl (C=O) groups excluding carboxylic acids is 2. The van der Waals surface area contributed by atoms with Crippen molar-refractivity contribution in [1.82, 2.24) is 9.80 Å². The van der Waals surface area contributed by atoms with Crippen LogP contribution >= 0.6 is 11.6 Å². The smallest absolute Gasteiger partial charge is 0.371 e. The Bertz CT molecular complexity index is 1160. The number of likely N-dealkylation sites (tertiary alicyclic amines) is 1. The van der Waals surface area contributed by atoms with Gasteiger partial charge in [-0.25, -0.2) is 0 Å². The van der Waals surface area contributed by atoms with E-state index in [9.17, 15) is 22.8 Å². The number of alkyl halides is 3. The number of nitrogens with zero attached hydrogens (tertiary/aromatic N) is 3. The van der Waals surface area contributed by atoms with Gasteiger partial charge in [-0.2, -0.15) is 13.2 Å². The Labute approximate surface area is 232 Å². The number of rotatable bonds is 6. The molecular formula is C29H36ClF3N4O2. The second-order valence-corrected chi connectivity index (χ2v) is 11.3. The molecule has 2 saturated heterocycles. The zero-order valence-electron chi connectivity index (χ0n) is 22.4. The zero-order valence-corrected chi connectivity index (χ0v) is 23.1. The number of carbonyl (C=O) groups is 2. The molecule has 2 N–H and O–H groups in total. The topological polar surface area (TPSA) is 69.9 Å². The minimum atomic E-state index is -4.90. The SMILES string of the molecule is CN(C)C(=O)c1ccc(N2CCC(CC3CCN(C(=O)C(N)(c4ccccc4)C(F)(F)F)CC3)CC2)cc1Cl. The van der Waals surface area contributed by atoms with E-state index < -0.39 is 17.6 Å². The summed E-state index contributed by atoms with van der Waals surface area (Å²) >= 11 is 6.39. The third-order valence-corrected chi connectivity index (χ3v) is 8.46. The van der Waals surface area contributed by atoms with Gasteiger partial charge in [0.25, 0.3) is 11.8 Å². The standard InChI is InChI=1S/C29H36ClF3N4O2/c1-35(2)26(38)24-9-8-23(19-25(24)30)36-14-10-20(11-15-36)18-21-12-16-37(17-13-21)27(39)28(34,29(31,32)33)22-6-4-3-5-7-22/h3-9,19-21H,10-18,34H2,1-2H3. The summed E-state index contributed by atoms with van der Waals surface area (Å²) in [4.78, 5) is 30.4. The number of piperidine rings is 2. The molecule has 6 nitrogen and oxygen atoms in total. The van der Waals surface area contributed by atoms with Crippen LogP contribution in [0.1, 0.15) is 48.0 Å². The van der Waals surface area contributed by atoms with E-state index in [1.54, 1.807) is 26.2 Å². The van der Waals surface area contributed by atoms with Gasteiger partial charge in [-0.05, 0) is 67.7 Å². The van der Waals surface area contributed by atoms with E-state index in [-0.39, 0.29) is 24.6 Å². The highest BCUT2D eigenvalue weighted by molar-refractivity contribution is 6.34.